The topological polar surface area (TPSA) is 34.1 Å². The SMILES string of the molecule is CCCCCCCCCCCCCC#CC#CCCCCCCCCC(=O)CC[N+](C)(C)CCC(=O)CCCCCCCCC#CC#CCCCCCCCCCCCCC. The number of hydrogen-bond acceptors (Lipinski definition) is 2. The van der Waals surface area contributed by atoms with Crippen LogP contribution >= 0.6 is 0 Å². The minimum absolute atomic E-state index is 0.378. The van der Waals surface area contributed by atoms with E-state index in [0.717, 1.165) is 81.8 Å². The molecule has 0 fully saturated rings. The first kappa shape index (κ1) is 58.5. The van der Waals surface area contributed by atoms with Gasteiger partial charge in [-0.05, 0) is 62.2 Å². The van der Waals surface area contributed by atoms with Crippen LogP contribution in [-0.2, 0) is 9.59 Å². The maximum atomic E-state index is 12.5. The molecule has 0 atom stereocenters. The van der Waals surface area contributed by atoms with Gasteiger partial charge in [-0.1, -0.05) is 217 Å². The number of rotatable bonds is 44. The summed E-state index contributed by atoms with van der Waals surface area (Å²) in [6, 6.07) is 0. The molecule has 61 heavy (non-hydrogen) atoms. The van der Waals surface area contributed by atoms with Crippen LogP contribution in [0.1, 0.15) is 284 Å². The van der Waals surface area contributed by atoms with Gasteiger partial charge in [0.05, 0.1) is 40.0 Å². The molecule has 0 aliphatic heterocycles. The molecule has 0 aromatic carbocycles. The molecule has 0 aliphatic carbocycles. The quantitative estimate of drug-likeness (QED) is 0.0348. The Hall–Kier alpha value is -2.46. The number of quaternary nitrogens is 1. The van der Waals surface area contributed by atoms with Crippen LogP contribution in [0.4, 0.5) is 0 Å². The van der Waals surface area contributed by atoms with Crippen molar-refractivity contribution in [3.8, 4) is 47.4 Å². The zero-order valence-corrected chi connectivity index (χ0v) is 41.4. The van der Waals surface area contributed by atoms with E-state index in [9.17, 15) is 9.59 Å². The molecular weight excluding hydrogens is 743 g/mol. The molecular formula is C58H100NO2+. The van der Waals surface area contributed by atoms with Crippen LogP contribution in [0, 0.1) is 47.4 Å². The summed E-state index contributed by atoms with van der Waals surface area (Å²) in [5, 5.41) is 0. The summed E-state index contributed by atoms with van der Waals surface area (Å²) in [6.45, 7) is 6.22. The average Bonchev–Trinajstić information content (AvgIpc) is 3.25. The van der Waals surface area contributed by atoms with Gasteiger partial charge in [0, 0.05) is 38.5 Å². The largest absolute Gasteiger partial charge is 0.328 e. The van der Waals surface area contributed by atoms with Crippen molar-refractivity contribution in [2.75, 3.05) is 27.2 Å². The molecule has 0 saturated heterocycles. The Morgan fingerprint density at radius 2 is 0.508 bits per heavy atom. The number of ketones is 2. The Morgan fingerprint density at radius 3 is 0.754 bits per heavy atom. The Labute approximate surface area is 382 Å². The maximum absolute atomic E-state index is 12.5. The lowest BCUT2D eigenvalue weighted by Crippen LogP contribution is -2.42. The van der Waals surface area contributed by atoms with Crippen molar-refractivity contribution in [2.24, 2.45) is 0 Å². The van der Waals surface area contributed by atoms with E-state index in [1.807, 2.05) is 0 Å². The monoisotopic (exact) mass is 843 g/mol. The lowest BCUT2D eigenvalue weighted by atomic mass is 10.0. The molecule has 348 valence electrons. The molecule has 0 spiro atoms. The van der Waals surface area contributed by atoms with Gasteiger partial charge in [-0.2, -0.15) is 0 Å². The summed E-state index contributed by atoms with van der Waals surface area (Å²) < 4.78 is 0.749. The molecule has 0 aromatic rings. The Morgan fingerprint density at radius 1 is 0.295 bits per heavy atom. The van der Waals surface area contributed by atoms with Gasteiger partial charge >= 0.3 is 0 Å². The van der Waals surface area contributed by atoms with Crippen molar-refractivity contribution < 1.29 is 14.1 Å². The highest BCUT2D eigenvalue weighted by Crippen LogP contribution is 2.15. The number of Topliss-reactive ketones (excluding diaryl/α,β-unsaturated/α-hetero) is 2. The van der Waals surface area contributed by atoms with Crippen LogP contribution in [0.25, 0.3) is 0 Å². The highest BCUT2D eigenvalue weighted by atomic mass is 16.1. The summed E-state index contributed by atoms with van der Waals surface area (Å²) >= 11 is 0. The van der Waals surface area contributed by atoms with Gasteiger partial charge in [-0.3, -0.25) is 9.59 Å². The lowest BCUT2D eigenvalue weighted by Gasteiger charge is -2.29. The van der Waals surface area contributed by atoms with E-state index in [1.54, 1.807) is 0 Å². The third-order valence-electron chi connectivity index (χ3n) is 12.3. The summed E-state index contributed by atoms with van der Waals surface area (Å²) in [6.07, 6.45) is 50.6. The van der Waals surface area contributed by atoms with E-state index >= 15 is 0 Å². The fraction of sp³-hybridized carbons (Fsp3) is 0.828. The third kappa shape index (κ3) is 50.1. The van der Waals surface area contributed by atoms with E-state index in [1.165, 1.54) is 180 Å². The van der Waals surface area contributed by atoms with Crippen LogP contribution in [0.3, 0.4) is 0 Å². The Balaban J connectivity index is 3.59. The summed E-state index contributed by atoms with van der Waals surface area (Å²) in [5.74, 6) is 25.9. The smallest absolute Gasteiger partial charge is 0.138 e. The molecule has 0 saturated carbocycles. The number of hydrogen-bond donors (Lipinski definition) is 0. The molecule has 0 amide bonds. The summed E-state index contributed by atoms with van der Waals surface area (Å²) in [5.41, 5.74) is 0. The third-order valence-corrected chi connectivity index (χ3v) is 12.3. The molecule has 0 aliphatic rings. The second-order valence-electron chi connectivity index (χ2n) is 19.0. The van der Waals surface area contributed by atoms with Crippen molar-refractivity contribution in [2.45, 2.75) is 284 Å². The van der Waals surface area contributed by atoms with Crippen molar-refractivity contribution >= 4 is 11.6 Å². The fourth-order valence-corrected chi connectivity index (χ4v) is 7.88. The van der Waals surface area contributed by atoms with Gasteiger partial charge in [0.15, 0.2) is 0 Å². The predicted molar refractivity (Wildman–Crippen MR) is 268 cm³/mol. The molecule has 0 N–H and O–H groups in total. The highest BCUT2D eigenvalue weighted by molar-refractivity contribution is 5.78. The van der Waals surface area contributed by atoms with Gasteiger partial charge in [-0.15, -0.1) is 0 Å². The fourth-order valence-electron chi connectivity index (χ4n) is 7.88. The Kier molecular flexibility index (Phi) is 46.6. The zero-order chi connectivity index (χ0) is 44.4. The first-order valence-corrected chi connectivity index (χ1v) is 26.7. The van der Waals surface area contributed by atoms with Crippen LogP contribution in [0.5, 0.6) is 0 Å². The van der Waals surface area contributed by atoms with E-state index in [-0.39, 0.29) is 0 Å². The van der Waals surface area contributed by atoms with Crippen molar-refractivity contribution in [1.82, 2.24) is 0 Å². The minimum atomic E-state index is 0.378. The standard InChI is InChI=1S/C58H100NO2/c1-5-7-9-11-13-15-17-19-21-23-25-27-29-31-33-35-37-39-41-43-45-47-49-51-57(60)53-55-59(3,4)56-54-58(61)52-50-48-46-44-42-40-38-36-34-32-30-28-26-24-22-20-18-16-14-12-10-8-6-2/h5-28,37-56H2,1-4H3/q+1. The average molecular weight is 843 g/mol. The molecule has 0 unspecified atom stereocenters. The first-order chi connectivity index (χ1) is 29.9. The summed E-state index contributed by atoms with van der Waals surface area (Å²) in [4.78, 5) is 25.1. The number of carbonyl (C=O) groups is 2. The highest BCUT2D eigenvalue weighted by Gasteiger charge is 2.18. The van der Waals surface area contributed by atoms with Gasteiger partial charge in [0.1, 0.15) is 11.6 Å². The zero-order valence-electron chi connectivity index (χ0n) is 41.4. The van der Waals surface area contributed by atoms with E-state index < -0.39 is 0 Å². The van der Waals surface area contributed by atoms with Crippen LogP contribution in [-0.4, -0.2) is 43.2 Å². The predicted octanol–water partition coefficient (Wildman–Crippen LogP) is 16.6. The normalized spacial score (nSPS) is 10.8. The van der Waals surface area contributed by atoms with Gasteiger partial charge < -0.3 is 4.48 Å². The number of nitrogens with zero attached hydrogens (tertiary/aromatic N) is 1. The molecule has 0 bridgehead atoms. The molecule has 0 aromatic heterocycles. The number of unbranched alkanes of at least 4 members (excludes halogenated alkanes) is 34. The molecule has 3 heteroatoms. The molecule has 0 heterocycles. The van der Waals surface area contributed by atoms with Gasteiger partial charge in [-0.25, -0.2) is 0 Å². The van der Waals surface area contributed by atoms with Gasteiger partial charge in [0.2, 0.25) is 0 Å². The molecule has 3 nitrogen and oxygen atoms in total. The minimum Gasteiger partial charge on any atom is -0.328 e. The van der Waals surface area contributed by atoms with E-state index in [4.69, 9.17) is 0 Å². The van der Waals surface area contributed by atoms with E-state index in [2.05, 4.69) is 75.3 Å². The first-order valence-electron chi connectivity index (χ1n) is 26.7. The Bertz CT molecular complexity index is 1150. The van der Waals surface area contributed by atoms with Crippen molar-refractivity contribution in [3.05, 3.63) is 0 Å². The van der Waals surface area contributed by atoms with Crippen molar-refractivity contribution in [3.63, 3.8) is 0 Å². The molecule has 0 rings (SSSR count). The van der Waals surface area contributed by atoms with Crippen LogP contribution < -0.4 is 0 Å². The van der Waals surface area contributed by atoms with Crippen LogP contribution in [0.2, 0.25) is 0 Å². The lowest BCUT2D eigenvalue weighted by molar-refractivity contribution is -0.889. The van der Waals surface area contributed by atoms with Gasteiger partial charge in [0.25, 0.3) is 0 Å². The second kappa shape index (κ2) is 48.6. The van der Waals surface area contributed by atoms with Crippen molar-refractivity contribution in [1.29, 1.82) is 0 Å². The summed E-state index contributed by atoms with van der Waals surface area (Å²) in [7, 11) is 4.32. The van der Waals surface area contributed by atoms with E-state index in [0.29, 0.717) is 37.2 Å². The second-order valence-corrected chi connectivity index (χ2v) is 19.0. The molecule has 0 radical (unpaired) electrons. The number of carbonyl (C=O) groups excluding carboxylic acids is 2. The maximum Gasteiger partial charge on any atom is 0.138 e. The van der Waals surface area contributed by atoms with Crippen LogP contribution in [0.15, 0.2) is 0 Å².